The van der Waals surface area contributed by atoms with Crippen LogP contribution in [0.3, 0.4) is 0 Å². The standard InChI is InChI=1S/C40H58N6O11S/c1-9-26-22-40(26,35(49)44-58(51,52)57-39(7)13-14-39)43-32(47)30-21-28(55-33-29-11-10-27(53-8)20-25(29)12-15-41-33)23-46(30)34(48)31(37(2,3)4)42-36(50)56-38(5,6)24-45-16-18-54-19-17-45/h10-12,15,20,26,28,30-31H,9,13-14,16-19,21-24H2,1-8H3,(H,42,50)(H,43,47)(H,44,49)/t26-,28-,30+,31-,40-/m1/s1. The molecule has 320 valence electrons. The van der Waals surface area contributed by atoms with Gasteiger partial charge in [0.25, 0.3) is 5.91 Å². The lowest BCUT2D eigenvalue weighted by atomic mass is 9.85. The van der Waals surface area contributed by atoms with Crippen LogP contribution >= 0.6 is 0 Å². The number of hydrogen-bond donors (Lipinski definition) is 3. The number of ether oxygens (including phenoxy) is 4. The van der Waals surface area contributed by atoms with Crippen LogP contribution in [-0.2, 0) is 38.3 Å². The van der Waals surface area contributed by atoms with Gasteiger partial charge in [0.15, 0.2) is 0 Å². The predicted octanol–water partition coefficient (Wildman–Crippen LogP) is 3.06. The van der Waals surface area contributed by atoms with Gasteiger partial charge >= 0.3 is 16.4 Å². The van der Waals surface area contributed by atoms with E-state index in [1.165, 1.54) is 4.90 Å². The molecule has 2 aromatic rings. The number of pyridine rings is 1. The molecule has 4 fully saturated rings. The third-order valence-corrected chi connectivity index (χ3v) is 12.4. The second-order valence-electron chi connectivity index (χ2n) is 17.9. The molecule has 18 heteroatoms. The number of benzene rings is 1. The summed E-state index contributed by atoms with van der Waals surface area (Å²) in [5.41, 5.74) is -4.17. The van der Waals surface area contributed by atoms with E-state index < -0.39 is 74.5 Å². The van der Waals surface area contributed by atoms with Crippen molar-refractivity contribution in [2.45, 2.75) is 115 Å². The Morgan fingerprint density at radius 1 is 1.07 bits per heavy atom. The summed E-state index contributed by atoms with van der Waals surface area (Å²) in [7, 11) is -2.90. The van der Waals surface area contributed by atoms with Gasteiger partial charge in [0.2, 0.25) is 17.7 Å². The summed E-state index contributed by atoms with van der Waals surface area (Å²) in [5, 5.41) is 7.12. The summed E-state index contributed by atoms with van der Waals surface area (Å²) >= 11 is 0. The molecule has 6 rings (SSSR count). The number of likely N-dealkylation sites (tertiary alicyclic amines) is 1. The highest BCUT2D eigenvalue weighted by molar-refractivity contribution is 7.85. The molecule has 4 aliphatic rings. The lowest BCUT2D eigenvalue weighted by Crippen LogP contribution is -2.60. The zero-order valence-electron chi connectivity index (χ0n) is 34.7. The molecule has 0 bridgehead atoms. The van der Waals surface area contributed by atoms with Crippen LogP contribution in [0.25, 0.3) is 10.8 Å². The van der Waals surface area contributed by atoms with E-state index in [1.807, 2.05) is 29.8 Å². The number of rotatable bonds is 15. The number of morpholine rings is 1. The molecule has 4 amide bonds. The van der Waals surface area contributed by atoms with E-state index in [2.05, 4.69) is 20.5 Å². The Balaban J connectivity index is 1.25. The van der Waals surface area contributed by atoms with Crippen molar-refractivity contribution in [3.63, 3.8) is 0 Å². The van der Waals surface area contributed by atoms with Gasteiger partial charge in [0.05, 0.1) is 32.5 Å². The maximum atomic E-state index is 14.8. The minimum atomic E-state index is -4.47. The number of carbonyl (C=O) groups is 4. The summed E-state index contributed by atoms with van der Waals surface area (Å²) in [6.07, 6.45) is 1.80. The van der Waals surface area contributed by atoms with E-state index >= 15 is 0 Å². The lowest BCUT2D eigenvalue weighted by Gasteiger charge is -2.37. The van der Waals surface area contributed by atoms with Crippen LogP contribution in [0.2, 0.25) is 0 Å². The summed E-state index contributed by atoms with van der Waals surface area (Å²) < 4.78 is 56.1. The van der Waals surface area contributed by atoms with Crippen LogP contribution in [0.1, 0.15) is 80.6 Å². The molecule has 5 atom stereocenters. The van der Waals surface area contributed by atoms with E-state index in [-0.39, 0.29) is 31.2 Å². The molecule has 17 nitrogen and oxygen atoms in total. The van der Waals surface area contributed by atoms with Gasteiger partial charge in [-0.2, -0.15) is 8.42 Å². The number of nitrogens with zero attached hydrogens (tertiary/aromatic N) is 3. The van der Waals surface area contributed by atoms with E-state index in [1.54, 1.807) is 60.9 Å². The Hall–Kier alpha value is -4.26. The lowest BCUT2D eigenvalue weighted by molar-refractivity contribution is -0.143. The van der Waals surface area contributed by atoms with Gasteiger partial charge < -0.3 is 34.5 Å². The van der Waals surface area contributed by atoms with Crippen LogP contribution in [0.4, 0.5) is 4.79 Å². The van der Waals surface area contributed by atoms with E-state index in [4.69, 9.17) is 23.1 Å². The predicted molar refractivity (Wildman–Crippen MR) is 212 cm³/mol. The molecule has 58 heavy (non-hydrogen) atoms. The molecular weight excluding hydrogens is 773 g/mol. The quantitative estimate of drug-likeness (QED) is 0.237. The molecule has 1 aromatic heterocycles. The highest BCUT2D eigenvalue weighted by Crippen LogP contribution is 2.47. The van der Waals surface area contributed by atoms with Crippen molar-refractivity contribution in [1.29, 1.82) is 0 Å². The van der Waals surface area contributed by atoms with Crippen molar-refractivity contribution >= 4 is 44.9 Å². The first-order valence-electron chi connectivity index (χ1n) is 20.0. The molecule has 2 saturated heterocycles. The van der Waals surface area contributed by atoms with Crippen LogP contribution in [0, 0.1) is 11.3 Å². The third-order valence-electron chi connectivity index (χ3n) is 11.3. The van der Waals surface area contributed by atoms with Crippen molar-refractivity contribution in [2.24, 2.45) is 11.3 Å². The number of fused-ring (bicyclic) bond motifs is 1. The normalized spacial score (nSPS) is 25.0. The minimum absolute atomic E-state index is 0.00788. The number of methoxy groups -OCH3 is 1. The van der Waals surface area contributed by atoms with Crippen LogP contribution < -0.4 is 24.8 Å². The average molecular weight is 831 g/mol. The second-order valence-corrected chi connectivity index (χ2v) is 19.1. The first-order valence-corrected chi connectivity index (χ1v) is 21.4. The Morgan fingerprint density at radius 3 is 2.40 bits per heavy atom. The van der Waals surface area contributed by atoms with E-state index in [9.17, 15) is 27.6 Å². The third kappa shape index (κ3) is 10.1. The molecular formula is C40H58N6O11S. The van der Waals surface area contributed by atoms with Crippen molar-refractivity contribution in [3.8, 4) is 11.6 Å². The molecule has 2 aliphatic heterocycles. The van der Waals surface area contributed by atoms with Crippen LogP contribution in [0.15, 0.2) is 30.5 Å². The monoisotopic (exact) mass is 830 g/mol. The van der Waals surface area contributed by atoms with Gasteiger partial charge in [-0.1, -0.05) is 34.1 Å². The molecule has 0 radical (unpaired) electrons. The number of nitrogens with one attached hydrogen (secondary N) is 3. The van der Waals surface area contributed by atoms with E-state index in [0.29, 0.717) is 63.2 Å². The van der Waals surface area contributed by atoms with Gasteiger partial charge in [-0.3, -0.25) is 19.3 Å². The molecule has 1 aromatic carbocycles. The van der Waals surface area contributed by atoms with Gasteiger partial charge in [-0.05, 0) is 81.0 Å². The zero-order valence-corrected chi connectivity index (χ0v) is 35.5. The fourth-order valence-electron chi connectivity index (χ4n) is 7.79. The smallest absolute Gasteiger partial charge is 0.408 e. The van der Waals surface area contributed by atoms with Crippen molar-refractivity contribution in [2.75, 3.05) is 46.5 Å². The largest absolute Gasteiger partial charge is 0.497 e. The summed E-state index contributed by atoms with van der Waals surface area (Å²) in [6, 6.07) is 4.92. The second kappa shape index (κ2) is 16.4. The highest BCUT2D eigenvalue weighted by Gasteiger charge is 2.62. The molecule has 3 heterocycles. The van der Waals surface area contributed by atoms with Crippen LogP contribution in [-0.4, -0.2) is 128 Å². The Bertz CT molecular complexity index is 2000. The summed E-state index contributed by atoms with van der Waals surface area (Å²) in [5.74, 6) is -1.58. The van der Waals surface area contributed by atoms with Crippen molar-refractivity contribution in [1.82, 2.24) is 30.1 Å². The number of hydrogen-bond acceptors (Lipinski definition) is 13. The minimum Gasteiger partial charge on any atom is -0.497 e. The number of aromatic nitrogens is 1. The number of carbonyl (C=O) groups excluding carboxylic acids is 4. The van der Waals surface area contributed by atoms with Gasteiger partial charge in [0, 0.05) is 37.6 Å². The SMILES string of the molecule is CC[C@@H]1C[C@]1(NC(=O)[C@@H]1C[C@@H](Oc2nccc3cc(OC)ccc23)CN1C(=O)[C@@H](NC(=O)OC(C)(C)CN1CCOCC1)C(C)(C)C)C(=O)NS(=O)(=O)OC1(C)CC1. The summed E-state index contributed by atoms with van der Waals surface area (Å²) in [6.45, 7) is 15.4. The molecule has 3 N–H and O–H groups in total. The number of alkyl carbamates (subject to hydrolysis) is 1. The average Bonchev–Trinajstić information content (AvgIpc) is 4.01. The highest BCUT2D eigenvalue weighted by atomic mass is 32.2. The maximum absolute atomic E-state index is 14.8. The van der Waals surface area contributed by atoms with Crippen LogP contribution in [0.5, 0.6) is 11.6 Å². The Kier molecular flexibility index (Phi) is 12.3. The van der Waals surface area contributed by atoms with Gasteiger partial charge in [-0.25, -0.2) is 18.7 Å². The van der Waals surface area contributed by atoms with Crippen molar-refractivity contribution < 1.29 is 50.7 Å². The molecule has 2 aliphatic carbocycles. The fourth-order valence-corrected chi connectivity index (χ4v) is 8.94. The van der Waals surface area contributed by atoms with Gasteiger partial charge in [0.1, 0.15) is 35.1 Å². The number of amides is 4. The Morgan fingerprint density at radius 2 is 1.78 bits per heavy atom. The zero-order chi connectivity index (χ0) is 42.3. The molecule has 2 saturated carbocycles. The first kappa shape index (κ1) is 43.3. The van der Waals surface area contributed by atoms with Gasteiger partial charge in [-0.15, -0.1) is 0 Å². The van der Waals surface area contributed by atoms with E-state index in [0.717, 1.165) is 5.39 Å². The summed E-state index contributed by atoms with van der Waals surface area (Å²) in [4.78, 5) is 64.4. The molecule has 0 unspecified atom stereocenters. The van der Waals surface area contributed by atoms with Crippen molar-refractivity contribution in [3.05, 3.63) is 30.5 Å². The molecule has 0 spiro atoms. The first-order chi connectivity index (χ1) is 27.2. The topological polar surface area (TPSA) is 204 Å². The Labute approximate surface area is 340 Å². The maximum Gasteiger partial charge on any atom is 0.408 e. The fraction of sp³-hybridized carbons (Fsp3) is 0.675.